The number of carbonyl (C=O) groups excluding carboxylic acids is 1. The Morgan fingerprint density at radius 2 is 2.00 bits per heavy atom. The van der Waals surface area contributed by atoms with E-state index >= 15 is 0 Å². The number of nitrogens with two attached hydrogens (primary N) is 1. The largest absolute Gasteiger partial charge is 0.387 e. The maximum Gasteiger partial charge on any atom is 0.252 e. The summed E-state index contributed by atoms with van der Waals surface area (Å²) in [6.45, 7) is 2.56. The summed E-state index contributed by atoms with van der Waals surface area (Å²) in [6, 6.07) is 6.17. The standard InChI is InChI=1S/C20H24FN7O4/c1-2-23-18(31)15-13(29)14(30)19(32-15)28-9-25-12-16(22)26-20(27-17(12)28)24-8-7-10-3-5-11(21)6-4-10/h3-6,9,13-15,19,29-30H,2,7-8H2,1H3,(H,23,31)(H3,22,24,26,27)/t13-,14+,15-,19+/m0/s1. The number of benzene rings is 1. The van der Waals surface area contributed by atoms with E-state index in [0.717, 1.165) is 5.56 Å². The van der Waals surface area contributed by atoms with Gasteiger partial charge in [0.05, 0.1) is 6.33 Å². The molecule has 11 nitrogen and oxygen atoms in total. The number of hydrogen-bond acceptors (Lipinski definition) is 9. The van der Waals surface area contributed by atoms with E-state index in [0.29, 0.717) is 25.0 Å². The van der Waals surface area contributed by atoms with Crippen LogP contribution in [-0.4, -0.2) is 67.0 Å². The number of aromatic nitrogens is 4. The lowest BCUT2D eigenvalue weighted by Gasteiger charge is -2.16. The first-order valence-corrected chi connectivity index (χ1v) is 10.2. The smallest absolute Gasteiger partial charge is 0.252 e. The number of fused-ring (bicyclic) bond motifs is 1. The number of rotatable bonds is 7. The quantitative estimate of drug-likeness (QED) is 0.336. The third-order valence-electron chi connectivity index (χ3n) is 5.18. The van der Waals surface area contributed by atoms with E-state index in [-0.39, 0.29) is 23.2 Å². The normalized spacial score (nSPS) is 22.9. The van der Waals surface area contributed by atoms with E-state index in [1.54, 1.807) is 19.1 Å². The van der Waals surface area contributed by atoms with Crippen molar-refractivity contribution in [1.29, 1.82) is 0 Å². The monoisotopic (exact) mass is 445 g/mol. The van der Waals surface area contributed by atoms with Crippen LogP contribution in [0.5, 0.6) is 0 Å². The zero-order valence-electron chi connectivity index (χ0n) is 17.3. The molecule has 4 atom stereocenters. The summed E-state index contributed by atoms with van der Waals surface area (Å²) < 4.78 is 20.1. The summed E-state index contributed by atoms with van der Waals surface area (Å²) in [5, 5.41) is 26.4. The van der Waals surface area contributed by atoms with Crippen molar-refractivity contribution in [3.05, 3.63) is 42.0 Å². The first kappa shape index (κ1) is 21.9. The third-order valence-corrected chi connectivity index (χ3v) is 5.18. The summed E-state index contributed by atoms with van der Waals surface area (Å²) in [5.74, 6) is -0.478. The second kappa shape index (κ2) is 9.02. The van der Waals surface area contributed by atoms with E-state index in [2.05, 4.69) is 25.6 Å². The molecule has 0 aliphatic carbocycles. The molecule has 32 heavy (non-hydrogen) atoms. The Morgan fingerprint density at radius 1 is 1.25 bits per heavy atom. The topological polar surface area (TPSA) is 160 Å². The lowest BCUT2D eigenvalue weighted by Crippen LogP contribution is -2.42. The van der Waals surface area contributed by atoms with Crippen LogP contribution in [0.25, 0.3) is 11.2 Å². The van der Waals surface area contributed by atoms with Gasteiger partial charge in [0.1, 0.15) is 23.5 Å². The molecule has 1 fully saturated rings. The molecule has 1 aliphatic heterocycles. The predicted octanol–water partition coefficient (Wildman–Crippen LogP) is -0.0425. The highest BCUT2D eigenvalue weighted by molar-refractivity contribution is 5.83. The van der Waals surface area contributed by atoms with E-state index in [4.69, 9.17) is 10.5 Å². The van der Waals surface area contributed by atoms with Crippen LogP contribution in [0.1, 0.15) is 18.7 Å². The van der Waals surface area contributed by atoms with Crippen LogP contribution in [0.3, 0.4) is 0 Å². The van der Waals surface area contributed by atoms with Gasteiger partial charge in [-0.1, -0.05) is 12.1 Å². The molecule has 1 amide bonds. The lowest BCUT2D eigenvalue weighted by molar-refractivity contribution is -0.137. The van der Waals surface area contributed by atoms with Gasteiger partial charge >= 0.3 is 0 Å². The summed E-state index contributed by atoms with van der Waals surface area (Å²) in [4.78, 5) is 24.9. The highest BCUT2D eigenvalue weighted by Crippen LogP contribution is 2.32. The number of nitrogen functional groups attached to an aromatic ring is 1. The van der Waals surface area contributed by atoms with Crippen LogP contribution in [0.15, 0.2) is 30.6 Å². The number of ether oxygens (including phenoxy) is 1. The number of carbonyl (C=O) groups is 1. The molecule has 3 heterocycles. The molecule has 1 aliphatic rings. The Labute approximate surface area is 182 Å². The third kappa shape index (κ3) is 4.20. The van der Waals surface area contributed by atoms with E-state index in [1.165, 1.54) is 23.0 Å². The molecule has 4 rings (SSSR count). The first-order valence-electron chi connectivity index (χ1n) is 10.2. The van der Waals surface area contributed by atoms with Crippen molar-refractivity contribution < 1.29 is 24.1 Å². The van der Waals surface area contributed by atoms with Gasteiger partial charge in [-0.2, -0.15) is 9.97 Å². The number of likely N-dealkylation sites (N-methyl/N-ethyl adjacent to an activating group) is 1. The predicted molar refractivity (Wildman–Crippen MR) is 113 cm³/mol. The lowest BCUT2D eigenvalue weighted by atomic mass is 10.1. The van der Waals surface area contributed by atoms with Crippen LogP contribution in [-0.2, 0) is 16.0 Å². The first-order chi connectivity index (χ1) is 15.4. The maximum absolute atomic E-state index is 13.0. The molecule has 3 aromatic rings. The van der Waals surface area contributed by atoms with Gasteiger partial charge < -0.3 is 31.3 Å². The number of imidazole rings is 1. The molecule has 12 heteroatoms. The molecule has 0 spiro atoms. The second-order valence-corrected chi connectivity index (χ2v) is 7.38. The molecule has 0 bridgehead atoms. The van der Waals surface area contributed by atoms with Crippen molar-refractivity contribution in [2.45, 2.75) is 37.9 Å². The fourth-order valence-corrected chi connectivity index (χ4v) is 3.55. The van der Waals surface area contributed by atoms with Gasteiger partial charge in [-0.25, -0.2) is 9.37 Å². The minimum absolute atomic E-state index is 0.117. The molecular weight excluding hydrogens is 421 g/mol. The molecule has 170 valence electrons. The highest BCUT2D eigenvalue weighted by Gasteiger charge is 2.47. The van der Waals surface area contributed by atoms with Crippen LogP contribution < -0.4 is 16.4 Å². The van der Waals surface area contributed by atoms with Crippen molar-refractivity contribution >= 4 is 28.8 Å². The highest BCUT2D eigenvalue weighted by atomic mass is 19.1. The number of nitrogens with zero attached hydrogens (tertiary/aromatic N) is 4. The average Bonchev–Trinajstić information content (AvgIpc) is 3.31. The molecule has 0 radical (unpaired) electrons. The number of anilines is 2. The molecular formula is C20H24FN7O4. The summed E-state index contributed by atoms with van der Waals surface area (Å²) in [7, 11) is 0. The number of aliphatic hydroxyl groups excluding tert-OH is 2. The van der Waals surface area contributed by atoms with E-state index < -0.39 is 30.4 Å². The molecule has 1 aromatic carbocycles. The van der Waals surface area contributed by atoms with Crippen molar-refractivity contribution in [1.82, 2.24) is 24.8 Å². The van der Waals surface area contributed by atoms with Gasteiger partial charge in [0.15, 0.2) is 23.8 Å². The SMILES string of the molecule is CCNC(=O)[C@H]1O[C@@H](n2cnc3c(N)nc(NCCc4ccc(F)cc4)nc32)[C@H](O)[C@@H]1O. The maximum atomic E-state index is 13.0. The number of hydrogen-bond donors (Lipinski definition) is 5. The van der Waals surface area contributed by atoms with Gasteiger partial charge in [-0.3, -0.25) is 9.36 Å². The fourth-order valence-electron chi connectivity index (χ4n) is 3.55. The molecule has 0 unspecified atom stereocenters. The zero-order chi connectivity index (χ0) is 22.8. The van der Waals surface area contributed by atoms with Gasteiger partial charge in [-0.15, -0.1) is 0 Å². The van der Waals surface area contributed by atoms with Gasteiger partial charge in [0.25, 0.3) is 5.91 Å². The Kier molecular flexibility index (Phi) is 6.17. The van der Waals surface area contributed by atoms with E-state index in [9.17, 15) is 19.4 Å². The Hall–Kier alpha value is -3.35. The number of nitrogens with one attached hydrogen (secondary N) is 2. The fraction of sp³-hybridized carbons (Fsp3) is 0.400. The van der Waals surface area contributed by atoms with Gasteiger partial charge in [0.2, 0.25) is 5.95 Å². The van der Waals surface area contributed by atoms with Crippen LogP contribution in [0.4, 0.5) is 16.2 Å². The zero-order valence-corrected chi connectivity index (χ0v) is 17.3. The van der Waals surface area contributed by atoms with Crippen molar-refractivity contribution in [2.75, 3.05) is 24.1 Å². The number of aliphatic hydroxyl groups is 2. The molecule has 0 saturated carbocycles. The van der Waals surface area contributed by atoms with Crippen LogP contribution in [0.2, 0.25) is 0 Å². The van der Waals surface area contributed by atoms with Gasteiger partial charge in [-0.05, 0) is 31.0 Å². The Bertz CT molecular complexity index is 1110. The van der Waals surface area contributed by atoms with Gasteiger partial charge in [0, 0.05) is 13.1 Å². The Balaban J connectivity index is 1.54. The molecule has 6 N–H and O–H groups in total. The number of halogens is 1. The van der Waals surface area contributed by atoms with Crippen LogP contribution in [0, 0.1) is 5.82 Å². The number of amides is 1. The Morgan fingerprint density at radius 3 is 2.72 bits per heavy atom. The minimum atomic E-state index is -1.42. The van der Waals surface area contributed by atoms with Crippen molar-refractivity contribution in [2.24, 2.45) is 0 Å². The minimum Gasteiger partial charge on any atom is -0.387 e. The second-order valence-electron chi connectivity index (χ2n) is 7.38. The average molecular weight is 445 g/mol. The van der Waals surface area contributed by atoms with E-state index in [1.807, 2.05) is 0 Å². The summed E-state index contributed by atoms with van der Waals surface area (Å²) in [6.07, 6.45) is -3.17. The summed E-state index contributed by atoms with van der Waals surface area (Å²) in [5.41, 5.74) is 7.52. The van der Waals surface area contributed by atoms with Crippen molar-refractivity contribution in [3.8, 4) is 0 Å². The molecule has 2 aromatic heterocycles. The summed E-state index contributed by atoms with van der Waals surface area (Å²) >= 11 is 0. The van der Waals surface area contributed by atoms with Crippen molar-refractivity contribution in [3.63, 3.8) is 0 Å². The molecule has 1 saturated heterocycles. The van der Waals surface area contributed by atoms with Crippen LogP contribution >= 0.6 is 0 Å².